The highest BCUT2D eigenvalue weighted by Gasteiger charge is 2.14. The fourth-order valence-electron chi connectivity index (χ4n) is 5.74. The molecule has 8 nitrogen and oxygen atoms in total. The third-order valence-electron chi connectivity index (χ3n) is 8.72. The van der Waals surface area contributed by atoms with Gasteiger partial charge in [0.25, 0.3) is 0 Å². The Kier molecular flexibility index (Phi) is 36.6. The van der Waals surface area contributed by atoms with Gasteiger partial charge in [-0.25, -0.2) is 0 Å². The lowest BCUT2D eigenvalue weighted by molar-refractivity contribution is -0.150. The maximum absolute atomic E-state index is 12.6. The molecule has 0 saturated heterocycles. The Labute approximate surface area is 290 Å². The summed E-state index contributed by atoms with van der Waals surface area (Å²) in [5.41, 5.74) is 0. The Balaban J connectivity index is 4.03. The number of hydrogen-bond acceptors (Lipinski definition) is 8. The van der Waals surface area contributed by atoms with Gasteiger partial charge in [-0.2, -0.15) is 0 Å². The number of carbonyl (C=O) groups is 2. The maximum atomic E-state index is 12.6. The number of ether oxygens (including phenoxy) is 4. The monoisotopic (exact) mass is 672 g/mol. The Morgan fingerprint density at radius 3 is 1.64 bits per heavy atom. The van der Waals surface area contributed by atoms with Crippen molar-refractivity contribution in [1.29, 1.82) is 0 Å². The van der Waals surface area contributed by atoms with Crippen molar-refractivity contribution in [2.24, 2.45) is 0 Å². The van der Waals surface area contributed by atoms with E-state index in [2.05, 4.69) is 25.7 Å². The molecular formula is C39H77NO7. The summed E-state index contributed by atoms with van der Waals surface area (Å²) in [5, 5.41) is 9.45. The van der Waals surface area contributed by atoms with Crippen LogP contribution in [-0.2, 0) is 28.5 Å². The first-order valence-electron chi connectivity index (χ1n) is 19.9. The van der Waals surface area contributed by atoms with Crippen LogP contribution in [0.3, 0.4) is 0 Å². The van der Waals surface area contributed by atoms with Crippen molar-refractivity contribution >= 4 is 11.9 Å². The summed E-state index contributed by atoms with van der Waals surface area (Å²) in [5.74, 6) is -0.258. The molecule has 47 heavy (non-hydrogen) atoms. The van der Waals surface area contributed by atoms with Gasteiger partial charge >= 0.3 is 11.9 Å². The van der Waals surface area contributed by atoms with Crippen LogP contribution in [-0.4, -0.2) is 87.3 Å². The Morgan fingerprint density at radius 1 is 0.511 bits per heavy atom. The molecule has 8 heteroatoms. The lowest BCUT2D eigenvalue weighted by Gasteiger charge is -2.20. The zero-order valence-corrected chi connectivity index (χ0v) is 31.3. The minimum atomic E-state index is -0.236. The van der Waals surface area contributed by atoms with E-state index in [1.54, 1.807) is 0 Å². The van der Waals surface area contributed by atoms with Crippen molar-refractivity contribution in [1.82, 2.24) is 4.90 Å². The Morgan fingerprint density at radius 2 is 1.02 bits per heavy atom. The molecule has 0 aliphatic rings. The third-order valence-corrected chi connectivity index (χ3v) is 8.72. The molecule has 0 bridgehead atoms. The van der Waals surface area contributed by atoms with E-state index in [-0.39, 0.29) is 31.3 Å². The summed E-state index contributed by atoms with van der Waals surface area (Å²) in [6, 6.07) is 0. The van der Waals surface area contributed by atoms with Crippen LogP contribution in [0.2, 0.25) is 0 Å². The number of hydrogen-bond donors (Lipinski definition) is 1. The number of rotatable bonds is 38. The maximum Gasteiger partial charge on any atom is 0.307 e. The first-order chi connectivity index (χ1) is 23.1. The van der Waals surface area contributed by atoms with Gasteiger partial charge in [-0.05, 0) is 51.5 Å². The number of aliphatic hydroxyl groups excluding tert-OH is 1. The molecule has 0 aromatic heterocycles. The SMILES string of the molecule is CCCCCCCCC(CCCCCCCC)OC(=O)CCCCCCCN(CCO)CCC(=O)OCCOCCOCCCCC. The van der Waals surface area contributed by atoms with Gasteiger partial charge in [0.2, 0.25) is 0 Å². The van der Waals surface area contributed by atoms with E-state index < -0.39 is 0 Å². The summed E-state index contributed by atoms with van der Waals surface area (Å²) in [6.07, 6.45) is 26.7. The molecule has 1 N–H and O–H groups in total. The van der Waals surface area contributed by atoms with Crippen molar-refractivity contribution in [3.63, 3.8) is 0 Å². The van der Waals surface area contributed by atoms with Crippen LogP contribution in [0.15, 0.2) is 0 Å². The molecule has 0 spiro atoms. The molecule has 0 fully saturated rings. The van der Waals surface area contributed by atoms with Crippen molar-refractivity contribution in [3.05, 3.63) is 0 Å². The number of nitrogens with zero attached hydrogens (tertiary/aromatic N) is 1. The molecule has 0 atom stereocenters. The van der Waals surface area contributed by atoms with E-state index in [0.717, 1.165) is 77.4 Å². The van der Waals surface area contributed by atoms with Crippen molar-refractivity contribution < 1.29 is 33.6 Å². The fraction of sp³-hybridized carbons (Fsp3) is 0.949. The van der Waals surface area contributed by atoms with E-state index >= 15 is 0 Å². The molecule has 0 heterocycles. The molecule has 0 aromatic carbocycles. The minimum absolute atomic E-state index is 0.0219. The zero-order chi connectivity index (χ0) is 34.5. The predicted molar refractivity (Wildman–Crippen MR) is 194 cm³/mol. The van der Waals surface area contributed by atoms with Crippen molar-refractivity contribution in [2.75, 3.05) is 59.3 Å². The quantitative estimate of drug-likeness (QED) is 0.0513. The van der Waals surface area contributed by atoms with Crippen LogP contribution >= 0.6 is 0 Å². The summed E-state index contributed by atoms with van der Waals surface area (Å²) < 4.78 is 22.2. The molecule has 0 aliphatic carbocycles. The van der Waals surface area contributed by atoms with Crippen LogP contribution in [0, 0.1) is 0 Å². The van der Waals surface area contributed by atoms with Gasteiger partial charge in [-0.3, -0.25) is 9.59 Å². The van der Waals surface area contributed by atoms with E-state index in [4.69, 9.17) is 18.9 Å². The summed E-state index contributed by atoms with van der Waals surface area (Å²) >= 11 is 0. The lowest BCUT2D eigenvalue weighted by Crippen LogP contribution is -2.31. The van der Waals surface area contributed by atoms with Gasteiger partial charge in [-0.1, -0.05) is 117 Å². The van der Waals surface area contributed by atoms with Crippen LogP contribution in [0.1, 0.15) is 175 Å². The molecule has 0 amide bonds. The largest absolute Gasteiger partial charge is 0.463 e. The number of carbonyl (C=O) groups excluding carboxylic acids is 2. The smallest absolute Gasteiger partial charge is 0.307 e. The van der Waals surface area contributed by atoms with Gasteiger partial charge in [0.15, 0.2) is 0 Å². The summed E-state index contributed by atoms with van der Waals surface area (Å²) in [7, 11) is 0. The standard InChI is InChI=1S/C39H77NO7/c1-4-7-10-12-15-19-24-37(25-20-16-13-11-8-5-2)47-39(43)26-21-17-14-18-22-28-40(30-31-41)29-27-38(42)46-36-35-45-34-33-44-32-23-9-6-3/h37,41H,4-36H2,1-3H3. The molecule has 0 unspecified atom stereocenters. The highest BCUT2D eigenvalue weighted by molar-refractivity contribution is 5.69. The first kappa shape index (κ1) is 45.8. The second-order valence-electron chi connectivity index (χ2n) is 13.2. The molecule has 0 radical (unpaired) electrons. The zero-order valence-electron chi connectivity index (χ0n) is 31.3. The minimum Gasteiger partial charge on any atom is -0.463 e. The predicted octanol–water partition coefficient (Wildman–Crippen LogP) is 9.19. The highest BCUT2D eigenvalue weighted by atomic mass is 16.6. The average Bonchev–Trinajstić information content (AvgIpc) is 3.06. The molecule has 0 rings (SSSR count). The van der Waals surface area contributed by atoms with Crippen LogP contribution in [0.25, 0.3) is 0 Å². The Bertz CT molecular complexity index is 647. The fourth-order valence-corrected chi connectivity index (χ4v) is 5.74. The van der Waals surface area contributed by atoms with Crippen LogP contribution in [0.5, 0.6) is 0 Å². The number of aliphatic hydroxyl groups is 1. The molecule has 0 saturated carbocycles. The second kappa shape index (κ2) is 37.6. The summed E-state index contributed by atoms with van der Waals surface area (Å²) in [6.45, 7) is 11.2. The molecule has 0 aliphatic heterocycles. The normalized spacial score (nSPS) is 11.5. The van der Waals surface area contributed by atoms with E-state index in [9.17, 15) is 14.7 Å². The average molecular weight is 672 g/mol. The van der Waals surface area contributed by atoms with Crippen molar-refractivity contribution in [2.45, 2.75) is 181 Å². The molecular weight excluding hydrogens is 594 g/mol. The van der Waals surface area contributed by atoms with Gasteiger partial charge in [0, 0.05) is 26.1 Å². The number of unbranched alkanes of at least 4 members (excludes halogenated alkanes) is 16. The van der Waals surface area contributed by atoms with Crippen LogP contribution in [0.4, 0.5) is 0 Å². The van der Waals surface area contributed by atoms with E-state index in [1.807, 2.05) is 0 Å². The Hall–Kier alpha value is -1.22. The van der Waals surface area contributed by atoms with Gasteiger partial charge < -0.3 is 29.0 Å². The highest BCUT2D eigenvalue weighted by Crippen LogP contribution is 2.18. The second-order valence-corrected chi connectivity index (χ2v) is 13.2. The lowest BCUT2D eigenvalue weighted by atomic mass is 10.0. The van der Waals surface area contributed by atoms with E-state index in [0.29, 0.717) is 45.8 Å². The van der Waals surface area contributed by atoms with Gasteiger partial charge in [0.1, 0.15) is 12.7 Å². The first-order valence-corrected chi connectivity index (χ1v) is 19.9. The van der Waals surface area contributed by atoms with Crippen molar-refractivity contribution in [3.8, 4) is 0 Å². The van der Waals surface area contributed by atoms with E-state index in [1.165, 1.54) is 77.0 Å². The topological polar surface area (TPSA) is 94.5 Å². The number of esters is 2. The van der Waals surface area contributed by atoms with Crippen LogP contribution < -0.4 is 0 Å². The van der Waals surface area contributed by atoms with Gasteiger partial charge in [0.05, 0.1) is 32.8 Å². The third kappa shape index (κ3) is 34.4. The molecule has 280 valence electrons. The van der Waals surface area contributed by atoms with Gasteiger partial charge in [-0.15, -0.1) is 0 Å². The summed E-state index contributed by atoms with van der Waals surface area (Å²) in [4.78, 5) is 26.9. The molecule has 0 aromatic rings.